The normalized spacial score (nSPS) is 4.00. The van der Waals surface area contributed by atoms with Crippen molar-refractivity contribution in [3.05, 3.63) is 0 Å². The topological polar surface area (TPSA) is 57.5 Å². The fourth-order valence-electron chi connectivity index (χ4n) is 0. The molecule has 0 aliphatic carbocycles. The Labute approximate surface area is 69.0 Å². The van der Waals surface area contributed by atoms with Crippen molar-refractivity contribution in [1.29, 1.82) is 0 Å². The van der Waals surface area contributed by atoms with E-state index in [0.29, 0.717) is 0 Å². The first-order valence-electron chi connectivity index (χ1n) is 0.651. The Hall–Kier alpha value is 1.15. The molecular weight excluding hydrogens is 125 g/mol. The molecule has 0 atom stereocenters. The molecule has 0 heterocycles. The minimum Gasteiger partial charge on any atom is -0.511 e. The zero-order chi connectivity index (χ0) is 3.58. The van der Waals surface area contributed by atoms with Crippen LogP contribution in [0, 0.1) is 0 Å². The Morgan fingerprint density at radius 2 is 1.17 bits per heavy atom. The van der Waals surface area contributed by atoms with E-state index in [-0.39, 0.29) is 46.1 Å². The van der Waals surface area contributed by atoms with Crippen molar-refractivity contribution in [2.75, 3.05) is 0 Å². The Morgan fingerprint density at radius 1 is 1.17 bits per heavy atom. The maximum absolute atomic E-state index is 8.74. The van der Waals surface area contributed by atoms with Gasteiger partial charge in [-0.2, -0.15) is 0 Å². The van der Waals surface area contributed by atoms with Crippen LogP contribution >= 0.6 is 0 Å². The summed E-state index contributed by atoms with van der Waals surface area (Å²) >= 11 is 0. The fraction of sp³-hybridized carbons (Fsp3) is 0. The van der Waals surface area contributed by atoms with Crippen molar-refractivity contribution in [2.45, 2.75) is 0 Å². The third-order valence-electron chi connectivity index (χ3n) is 0. The third kappa shape index (κ3) is 67.1. The van der Waals surface area contributed by atoms with E-state index in [1.54, 1.807) is 0 Å². The van der Waals surface area contributed by atoms with Gasteiger partial charge in [0.25, 0.3) is 0 Å². The molecule has 0 saturated heterocycles. The molecular formula is H6Mg2O3Si. The molecule has 0 bridgehead atoms. The van der Waals surface area contributed by atoms with E-state index < -0.39 is 9.17 Å². The van der Waals surface area contributed by atoms with Crippen LogP contribution in [-0.4, -0.2) is 64.9 Å². The SMILES string of the molecule is O=[Si](O)O.[MgH2].[MgH2]. The van der Waals surface area contributed by atoms with Crippen LogP contribution in [0.25, 0.3) is 0 Å². The van der Waals surface area contributed by atoms with Crippen molar-refractivity contribution in [2.24, 2.45) is 0 Å². The molecule has 0 aliphatic rings. The molecule has 0 aromatic carbocycles. The van der Waals surface area contributed by atoms with Crippen molar-refractivity contribution in [1.82, 2.24) is 0 Å². The molecule has 0 aliphatic heterocycles. The molecule has 32 valence electrons. The van der Waals surface area contributed by atoms with E-state index in [0.717, 1.165) is 0 Å². The predicted octanol–water partition coefficient (Wildman–Crippen LogP) is -3.45. The van der Waals surface area contributed by atoms with Gasteiger partial charge in [0.1, 0.15) is 0 Å². The maximum atomic E-state index is 8.74. The van der Waals surface area contributed by atoms with Crippen LogP contribution in [0.2, 0.25) is 0 Å². The lowest BCUT2D eigenvalue weighted by atomic mass is 15.8. The van der Waals surface area contributed by atoms with Crippen LogP contribution in [0.3, 0.4) is 0 Å². The van der Waals surface area contributed by atoms with Crippen LogP contribution in [0.4, 0.5) is 0 Å². The Morgan fingerprint density at radius 3 is 1.17 bits per heavy atom. The highest BCUT2D eigenvalue weighted by molar-refractivity contribution is 6.22. The summed E-state index contributed by atoms with van der Waals surface area (Å²) in [4.78, 5) is 14.3. The van der Waals surface area contributed by atoms with Gasteiger partial charge in [0.15, 0.2) is 0 Å². The summed E-state index contributed by atoms with van der Waals surface area (Å²) in [5.41, 5.74) is 0. The maximum Gasteiger partial charge on any atom is 0.761 e. The molecule has 0 aromatic heterocycles. The van der Waals surface area contributed by atoms with Crippen molar-refractivity contribution >= 4 is 55.3 Å². The first-order valence-corrected chi connectivity index (χ1v) is 1.95. The van der Waals surface area contributed by atoms with Gasteiger partial charge >= 0.3 is 55.3 Å². The number of hydrogen-bond acceptors (Lipinski definition) is 1. The minimum atomic E-state index is -3.13. The van der Waals surface area contributed by atoms with Crippen molar-refractivity contribution in [3.8, 4) is 0 Å². The smallest absolute Gasteiger partial charge is 0.511 e. The summed E-state index contributed by atoms with van der Waals surface area (Å²) in [5, 5.41) is 0. The largest absolute Gasteiger partial charge is 0.761 e. The zero-order valence-corrected chi connectivity index (χ0v) is 2.80. The molecule has 6 heavy (non-hydrogen) atoms. The highest BCUT2D eigenvalue weighted by atomic mass is 28.3. The van der Waals surface area contributed by atoms with Gasteiger partial charge in [0, 0.05) is 0 Å². The van der Waals surface area contributed by atoms with Crippen molar-refractivity contribution < 1.29 is 14.1 Å². The molecule has 0 fully saturated rings. The highest BCUT2D eigenvalue weighted by Gasteiger charge is 1.85. The van der Waals surface area contributed by atoms with Crippen LogP contribution in [0.1, 0.15) is 0 Å². The molecule has 6 heteroatoms. The molecule has 0 amide bonds. The molecule has 3 nitrogen and oxygen atoms in total. The standard InChI is InChI=1S/2Mg.H2O3Si.4H/c;;1-4(2)3;;;;/h;;1-2H;;;;. The van der Waals surface area contributed by atoms with E-state index in [9.17, 15) is 0 Å². The summed E-state index contributed by atoms with van der Waals surface area (Å²) in [7, 11) is -3.13. The van der Waals surface area contributed by atoms with Crippen LogP contribution in [0.15, 0.2) is 0 Å². The van der Waals surface area contributed by atoms with E-state index in [1.165, 1.54) is 0 Å². The van der Waals surface area contributed by atoms with Gasteiger partial charge in [0.05, 0.1) is 0 Å². The van der Waals surface area contributed by atoms with Gasteiger partial charge in [-0.15, -0.1) is 0 Å². The first-order chi connectivity index (χ1) is 1.73. The average Bonchev–Trinajstić information content (AvgIpc) is 0.811. The zero-order valence-electron chi connectivity index (χ0n) is 1.80. The Bertz CT molecular complexity index is 31.8. The lowest BCUT2D eigenvalue weighted by Gasteiger charge is -1.55. The second-order valence-electron chi connectivity index (χ2n) is 0.283. The van der Waals surface area contributed by atoms with Crippen molar-refractivity contribution in [3.63, 3.8) is 0 Å². The minimum absolute atomic E-state index is 0. The summed E-state index contributed by atoms with van der Waals surface area (Å²) in [6.45, 7) is 0. The van der Waals surface area contributed by atoms with E-state index in [4.69, 9.17) is 14.1 Å². The van der Waals surface area contributed by atoms with Gasteiger partial charge in [0.2, 0.25) is 0 Å². The van der Waals surface area contributed by atoms with Gasteiger partial charge in [-0.25, -0.2) is 0 Å². The second-order valence-corrected chi connectivity index (χ2v) is 0.848. The quantitative estimate of drug-likeness (QED) is 0.336. The highest BCUT2D eigenvalue weighted by Crippen LogP contribution is 1.27. The molecule has 0 radical (unpaired) electrons. The van der Waals surface area contributed by atoms with Gasteiger partial charge < -0.3 is 9.59 Å². The second kappa shape index (κ2) is 9.47. The Kier molecular flexibility index (Phi) is 24.8. The first kappa shape index (κ1) is 15.7. The lowest BCUT2D eigenvalue weighted by molar-refractivity contribution is 0.330. The van der Waals surface area contributed by atoms with Gasteiger partial charge in [-0.1, -0.05) is 0 Å². The monoisotopic (exact) mass is 130 g/mol. The van der Waals surface area contributed by atoms with E-state index in [2.05, 4.69) is 0 Å². The third-order valence-corrected chi connectivity index (χ3v) is 0. The summed E-state index contributed by atoms with van der Waals surface area (Å²) in [6.07, 6.45) is 0. The predicted molar refractivity (Wildman–Crippen MR) is 28.0 cm³/mol. The molecule has 0 spiro atoms. The summed E-state index contributed by atoms with van der Waals surface area (Å²) in [5.74, 6) is 0. The molecule has 2 N–H and O–H groups in total. The fourth-order valence-corrected chi connectivity index (χ4v) is 0. The van der Waals surface area contributed by atoms with E-state index >= 15 is 0 Å². The van der Waals surface area contributed by atoms with Crippen LogP contribution < -0.4 is 0 Å². The number of rotatable bonds is 0. The summed E-state index contributed by atoms with van der Waals surface area (Å²) in [6, 6.07) is 0. The lowest BCUT2D eigenvalue weighted by Crippen LogP contribution is -1.90. The number of hydrogen-bond donors (Lipinski definition) is 2. The average molecular weight is 131 g/mol. The van der Waals surface area contributed by atoms with E-state index in [1.807, 2.05) is 0 Å². The molecule has 0 saturated carbocycles. The summed E-state index contributed by atoms with van der Waals surface area (Å²) < 4.78 is 8.74. The van der Waals surface area contributed by atoms with Gasteiger partial charge in [-0.3, -0.25) is 4.46 Å². The molecule has 0 aromatic rings. The Balaban J connectivity index is -0.0000000450. The molecule has 0 rings (SSSR count). The van der Waals surface area contributed by atoms with Crippen LogP contribution in [0.5, 0.6) is 0 Å². The van der Waals surface area contributed by atoms with Gasteiger partial charge in [-0.05, 0) is 0 Å². The van der Waals surface area contributed by atoms with Crippen LogP contribution in [-0.2, 0) is 4.46 Å². The molecule has 0 unspecified atom stereocenters.